The van der Waals surface area contributed by atoms with Crippen LogP contribution < -0.4 is 5.32 Å². The Bertz CT molecular complexity index is 1390. The van der Waals surface area contributed by atoms with Crippen LogP contribution in [0.3, 0.4) is 0 Å². The number of ether oxygens (including phenoxy) is 1. The van der Waals surface area contributed by atoms with E-state index in [0.29, 0.717) is 22.2 Å². The number of carbonyl (C=O) groups excluding carboxylic acids is 1. The van der Waals surface area contributed by atoms with Gasteiger partial charge in [-0.2, -0.15) is 13.2 Å². The first-order valence-electron chi connectivity index (χ1n) is 11.0. The molecule has 0 saturated heterocycles. The van der Waals surface area contributed by atoms with Gasteiger partial charge in [0.25, 0.3) is 0 Å². The van der Waals surface area contributed by atoms with Gasteiger partial charge in [0.05, 0.1) is 23.4 Å². The van der Waals surface area contributed by atoms with Crippen LogP contribution in [0.25, 0.3) is 10.9 Å². The molecule has 35 heavy (non-hydrogen) atoms. The average Bonchev–Trinajstić information content (AvgIpc) is 2.84. The number of rotatable bonds is 6. The number of aryl methyl sites for hydroxylation is 1. The van der Waals surface area contributed by atoms with Crippen molar-refractivity contribution in [3.63, 3.8) is 0 Å². The number of aliphatic hydroxyl groups excluding tert-OH is 1. The van der Waals surface area contributed by atoms with E-state index in [1.807, 2.05) is 31.2 Å². The zero-order valence-corrected chi connectivity index (χ0v) is 19.1. The molecule has 1 heterocycles. The normalized spacial score (nSPS) is 12.4. The van der Waals surface area contributed by atoms with Gasteiger partial charge in [-0.1, -0.05) is 48.5 Å². The minimum absolute atomic E-state index is 0.0806. The summed E-state index contributed by atoms with van der Waals surface area (Å²) in [5.41, 5.74) is 2.22. The van der Waals surface area contributed by atoms with Crippen LogP contribution in [-0.2, 0) is 10.9 Å². The Morgan fingerprint density at radius 2 is 1.83 bits per heavy atom. The van der Waals surface area contributed by atoms with Crippen molar-refractivity contribution >= 4 is 28.2 Å². The molecule has 4 rings (SSSR count). The molecule has 1 atom stereocenters. The van der Waals surface area contributed by atoms with E-state index < -0.39 is 23.8 Å². The maximum atomic E-state index is 13.2. The molecule has 5 nitrogen and oxygen atoms in total. The molecule has 0 bridgehead atoms. The zero-order chi connectivity index (χ0) is 25.2. The van der Waals surface area contributed by atoms with Crippen LogP contribution in [0, 0.1) is 6.92 Å². The third kappa shape index (κ3) is 4.97. The molecule has 2 N–H and O–H groups in total. The Labute approximate surface area is 200 Å². The van der Waals surface area contributed by atoms with Crippen LogP contribution >= 0.6 is 0 Å². The van der Waals surface area contributed by atoms with Gasteiger partial charge in [-0.25, -0.2) is 4.79 Å². The number of benzene rings is 3. The number of aromatic nitrogens is 1. The van der Waals surface area contributed by atoms with Crippen molar-refractivity contribution in [1.29, 1.82) is 0 Å². The Morgan fingerprint density at radius 3 is 2.54 bits per heavy atom. The minimum atomic E-state index is -4.54. The van der Waals surface area contributed by atoms with E-state index in [-0.39, 0.29) is 17.7 Å². The smallest absolute Gasteiger partial charge is 0.416 e. The van der Waals surface area contributed by atoms with Gasteiger partial charge in [-0.15, -0.1) is 0 Å². The van der Waals surface area contributed by atoms with Gasteiger partial charge in [-0.05, 0) is 43.2 Å². The number of fused-ring (bicyclic) bond motifs is 1. The lowest BCUT2D eigenvalue weighted by atomic mass is 9.96. The van der Waals surface area contributed by atoms with Crippen LogP contribution in [0.4, 0.5) is 24.5 Å². The van der Waals surface area contributed by atoms with Gasteiger partial charge in [-0.3, -0.25) is 4.98 Å². The summed E-state index contributed by atoms with van der Waals surface area (Å²) in [7, 11) is 0. The maximum Gasteiger partial charge on any atom is 0.416 e. The number of nitrogens with zero attached hydrogens (tertiary/aromatic N) is 1. The number of hydrogen-bond donors (Lipinski definition) is 2. The van der Waals surface area contributed by atoms with E-state index >= 15 is 0 Å². The lowest BCUT2D eigenvalue weighted by Gasteiger charge is -2.19. The van der Waals surface area contributed by atoms with E-state index in [9.17, 15) is 23.1 Å². The van der Waals surface area contributed by atoms with Gasteiger partial charge in [0.15, 0.2) is 0 Å². The molecule has 1 aromatic heterocycles. The van der Waals surface area contributed by atoms with Crippen LogP contribution in [0.2, 0.25) is 0 Å². The second-order valence-electron chi connectivity index (χ2n) is 7.98. The van der Waals surface area contributed by atoms with Crippen molar-refractivity contribution in [2.24, 2.45) is 0 Å². The Balaban J connectivity index is 1.88. The molecule has 0 amide bonds. The molecule has 3 aromatic carbocycles. The highest BCUT2D eigenvalue weighted by Gasteiger charge is 2.31. The van der Waals surface area contributed by atoms with E-state index in [4.69, 9.17) is 4.74 Å². The average molecular weight is 480 g/mol. The van der Waals surface area contributed by atoms with Gasteiger partial charge in [0.2, 0.25) is 0 Å². The first kappa shape index (κ1) is 24.2. The third-order valence-electron chi connectivity index (χ3n) is 5.65. The number of carbonyl (C=O) groups is 1. The Morgan fingerprint density at radius 1 is 1.09 bits per heavy atom. The highest BCUT2D eigenvalue weighted by Crippen LogP contribution is 2.37. The van der Waals surface area contributed by atoms with Crippen molar-refractivity contribution in [3.05, 3.63) is 101 Å². The summed E-state index contributed by atoms with van der Waals surface area (Å²) in [6.07, 6.45) is -4.55. The van der Waals surface area contributed by atoms with Crippen molar-refractivity contribution in [1.82, 2.24) is 4.98 Å². The molecule has 0 radical (unpaired) electrons. The summed E-state index contributed by atoms with van der Waals surface area (Å²) in [6, 6.07) is 17.1. The maximum absolute atomic E-state index is 13.2. The summed E-state index contributed by atoms with van der Waals surface area (Å²) >= 11 is 0. The zero-order valence-electron chi connectivity index (χ0n) is 19.1. The fraction of sp³-hybridized carbons (Fsp3) is 0.185. The second-order valence-corrected chi connectivity index (χ2v) is 7.98. The second kappa shape index (κ2) is 9.76. The van der Waals surface area contributed by atoms with Crippen LogP contribution in [-0.4, -0.2) is 22.7 Å². The summed E-state index contributed by atoms with van der Waals surface area (Å²) in [4.78, 5) is 17.1. The minimum Gasteiger partial charge on any atom is -0.462 e. The lowest BCUT2D eigenvalue weighted by molar-refractivity contribution is -0.137. The first-order valence-corrected chi connectivity index (χ1v) is 11.0. The Hall–Kier alpha value is -3.91. The fourth-order valence-electron chi connectivity index (χ4n) is 3.88. The quantitative estimate of drug-likeness (QED) is 0.306. The molecule has 180 valence electrons. The summed E-state index contributed by atoms with van der Waals surface area (Å²) in [6.45, 7) is 3.79. The number of nitrogens with one attached hydrogen (secondary N) is 1. The van der Waals surface area contributed by atoms with Crippen molar-refractivity contribution in [2.45, 2.75) is 26.1 Å². The predicted molar refractivity (Wildman–Crippen MR) is 128 cm³/mol. The molecule has 0 spiro atoms. The standard InChI is InChI=1S/C27H23F3N2O3/c1-3-35-26(34)21-15-31-23-19(24(21)32-22-13-5-4-8-16(22)2)11-7-12-20(23)25(33)17-9-6-10-18(14-17)27(28,29)30/h4-15,25,33H,3H2,1-2H3,(H,31,32). The van der Waals surface area contributed by atoms with Crippen LogP contribution in [0.5, 0.6) is 0 Å². The van der Waals surface area contributed by atoms with Crippen LogP contribution in [0.1, 0.15) is 45.6 Å². The third-order valence-corrected chi connectivity index (χ3v) is 5.65. The fourth-order valence-corrected chi connectivity index (χ4v) is 3.88. The van der Waals surface area contributed by atoms with E-state index in [0.717, 1.165) is 23.4 Å². The number of aliphatic hydroxyl groups is 1. The molecule has 8 heteroatoms. The largest absolute Gasteiger partial charge is 0.462 e. The highest BCUT2D eigenvalue weighted by atomic mass is 19.4. The van der Waals surface area contributed by atoms with Crippen molar-refractivity contribution in [2.75, 3.05) is 11.9 Å². The van der Waals surface area contributed by atoms with Gasteiger partial charge >= 0.3 is 12.1 Å². The first-order chi connectivity index (χ1) is 16.7. The number of halogens is 3. The number of para-hydroxylation sites is 2. The summed E-state index contributed by atoms with van der Waals surface area (Å²) in [5.74, 6) is -0.568. The molecule has 0 saturated carbocycles. The molecule has 0 aliphatic carbocycles. The molecule has 0 aliphatic rings. The Kier molecular flexibility index (Phi) is 6.75. The molecular weight excluding hydrogens is 457 g/mol. The SMILES string of the molecule is CCOC(=O)c1cnc2c(C(O)c3cccc(C(F)(F)F)c3)cccc2c1Nc1ccccc1C. The number of alkyl halides is 3. The van der Waals surface area contributed by atoms with E-state index in [2.05, 4.69) is 10.3 Å². The van der Waals surface area contributed by atoms with Gasteiger partial charge in [0.1, 0.15) is 11.7 Å². The van der Waals surface area contributed by atoms with Gasteiger partial charge in [0, 0.05) is 22.8 Å². The highest BCUT2D eigenvalue weighted by molar-refractivity contribution is 6.06. The molecule has 4 aromatic rings. The predicted octanol–water partition coefficient (Wildman–Crippen LogP) is 6.56. The number of hydrogen-bond acceptors (Lipinski definition) is 5. The molecular formula is C27H23F3N2O3. The van der Waals surface area contributed by atoms with Gasteiger partial charge < -0.3 is 15.2 Å². The van der Waals surface area contributed by atoms with E-state index in [1.165, 1.54) is 18.3 Å². The molecule has 0 fully saturated rings. The number of pyridine rings is 1. The topological polar surface area (TPSA) is 71.5 Å². The molecule has 0 aliphatic heterocycles. The monoisotopic (exact) mass is 480 g/mol. The number of anilines is 2. The van der Waals surface area contributed by atoms with Crippen molar-refractivity contribution in [3.8, 4) is 0 Å². The molecule has 1 unspecified atom stereocenters. The number of esters is 1. The van der Waals surface area contributed by atoms with E-state index in [1.54, 1.807) is 25.1 Å². The summed E-state index contributed by atoms with van der Waals surface area (Å²) < 4.78 is 44.9. The van der Waals surface area contributed by atoms with Crippen molar-refractivity contribution < 1.29 is 27.8 Å². The summed E-state index contributed by atoms with van der Waals surface area (Å²) in [5, 5.41) is 14.9. The lowest BCUT2D eigenvalue weighted by Crippen LogP contribution is -2.11. The van der Waals surface area contributed by atoms with Crippen LogP contribution in [0.15, 0.2) is 72.9 Å².